The van der Waals surface area contributed by atoms with Gasteiger partial charge in [-0.2, -0.15) is 12.6 Å². The van der Waals surface area contributed by atoms with E-state index in [0.29, 0.717) is 22.7 Å². The van der Waals surface area contributed by atoms with Crippen LogP contribution in [0.5, 0.6) is 5.75 Å². The van der Waals surface area contributed by atoms with Gasteiger partial charge < -0.3 is 4.74 Å². The molecule has 90 valence electrons. The molecule has 1 aromatic carbocycles. The van der Waals surface area contributed by atoms with Crippen LogP contribution in [0.25, 0.3) is 0 Å². The van der Waals surface area contributed by atoms with E-state index in [0.717, 1.165) is 18.6 Å². The minimum absolute atomic E-state index is 0.261. The molecule has 0 amide bonds. The summed E-state index contributed by atoms with van der Waals surface area (Å²) in [4.78, 5) is 0. The Bertz CT molecular complexity index is 333. The Morgan fingerprint density at radius 2 is 2.19 bits per heavy atom. The molecule has 0 aliphatic heterocycles. The highest BCUT2D eigenvalue weighted by atomic mass is 79.9. The maximum Gasteiger partial charge on any atom is 0.133 e. The second-order valence-corrected chi connectivity index (χ2v) is 5.13. The predicted octanol–water partition coefficient (Wildman–Crippen LogP) is 4.31. The van der Waals surface area contributed by atoms with Gasteiger partial charge in [0.1, 0.15) is 11.6 Å². The van der Waals surface area contributed by atoms with E-state index in [9.17, 15) is 4.39 Å². The Morgan fingerprint density at radius 1 is 1.44 bits per heavy atom. The molecular weight excluding hydrogens is 291 g/mol. The highest BCUT2D eigenvalue weighted by Crippen LogP contribution is 2.25. The average molecular weight is 307 g/mol. The van der Waals surface area contributed by atoms with Gasteiger partial charge in [-0.25, -0.2) is 4.39 Å². The van der Waals surface area contributed by atoms with E-state index < -0.39 is 0 Å². The van der Waals surface area contributed by atoms with Crippen molar-refractivity contribution in [3.63, 3.8) is 0 Å². The molecule has 0 N–H and O–H groups in total. The fraction of sp³-hybridized carbons (Fsp3) is 0.500. The molecule has 0 saturated carbocycles. The molecule has 1 unspecified atom stereocenters. The summed E-state index contributed by atoms with van der Waals surface area (Å²) >= 11 is 7.46. The van der Waals surface area contributed by atoms with Gasteiger partial charge >= 0.3 is 0 Å². The number of rotatable bonds is 6. The van der Waals surface area contributed by atoms with Gasteiger partial charge in [-0.1, -0.05) is 6.92 Å². The number of halogens is 2. The van der Waals surface area contributed by atoms with Crippen molar-refractivity contribution in [2.75, 3.05) is 12.4 Å². The first-order chi connectivity index (χ1) is 7.63. The first kappa shape index (κ1) is 13.8. The standard InChI is InChI=1S/C12H16BrFOS/c1-9(5-7-16)4-6-15-12-3-2-10(14)8-11(12)13/h2-3,8-9,16H,4-7H2,1H3. The monoisotopic (exact) mass is 306 g/mol. The highest BCUT2D eigenvalue weighted by molar-refractivity contribution is 9.10. The topological polar surface area (TPSA) is 9.23 Å². The van der Waals surface area contributed by atoms with Crippen molar-refractivity contribution >= 4 is 28.6 Å². The first-order valence-corrected chi connectivity index (χ1v) is 6.74. The summed E-state index contributed by atoms with van der Waals surface area (Å²) < 4.78 is 19.0. The molecule has 0 heterocycles. The van der Waals surface area contributed by atoms with E-state index in [1.807, 2.05) is 0 Å². The molecule has 0 aliphatic rings. The first-order valence-electron chi connectivity index (χ1n) is 5.32. The van der Waals surface area contributed by atoms with Crippen molar-refractivity contribution in [2.24, 2.45) is 5.92 Å². The summed E-state index contributed by atoms with van der Waals surface area (Å²) in [6.45, 7) is 2.83. The van der Waals surface area contributed by atoms with Crippen molar-refractivity contribution in [2.45, 2.75) is 19.8 Å². The SMILES string of the molecule is CC(CCS)CCOc1ccc(F)cc1Br. The van der Waals surface area contributed by atoms with Gasteiger partial charge in [0.15, 0.2) is 0 Å². The Kier molecular flexibility index (Phi) is 6.21. The van der Waals surface area contributed by atoms with Crippen molar-refractivity contribution in [3.8, 4) is 5.75 Å². The summed E-state index contributed by atoms with van der Waals surface area (Å²) in [7, 11) is 0. The smallest absolute Gasteiger partial charge is 0.133 e. The van der Waals surface area contributed by atoms with Crippen molar-refractivity contribution < 1.29 is 9.13 Å². The van der Waals surface area contributed by atoms with Crippen LogP contribution in [0.3, 0.4) is 0 Å². The number of hydrogen-bond donors (Lipinski definition) is 1. The lowest BCUT2D eigenvalue weighted by Crippen LogP contribution is -2.05. The molecule has 0 saturated heterocycles. The van der Waals surface area contributed by atoms with Gasteiger partial charge in [-0.3, -0.25) is 0 Å². The van der Waals surface area contributed by atoms with Gasteiger partial charge in [0, 0.05) is 0 Å². The van der Waals surface area contributed by atoms with Crippen molar-refractivity contribution in [1.29, 1.82) is 0 Å². The van der Waals surface area contributed by atoms with E-state index in [1.165, 1.54) is 12.1 Å². The molecule has 0 aliphatic carbocycles. The zero-order valence-electron chi connectivity index (χ0n) is 9.25. The molecule has 16 heavy (non-hydrogen) atoms. The van der Waals surface area contributed by atoms with Crippen LogP contribution in [0.15, 0.2) is 22.7 Å². The van der Waals surface area contributed by atoms with Gasteiger partial charge in [-0.05, 0) is 58.6 Å². The van der Waals surface area contributed by atoms with E-state index in [2.05, 4.69) is 35.5 Å². The third-order valence-electron chi connectivity index (χ3n) is 2.38. The van der Waals surface area contributed by atoms with E-state index in [4.69, 9.17) is 4.74 Å². The van der Waals surface area contributed by atoms with Gasteiger partial charge in [0.05, 0.1) is 11.1 Å². The lowest BCUT2D eigenvalue weighted by molar-refractivity contribution is 0.280. The van der Waals surface area contributed by atoms with Gasteiger partial charge in [-0.15, -0.1) is 0 Å². The van der Waals surface area contributed by atoms with E-state index in [1.54, 1.807) is 6.07 Å². The average Bonchev–Trinajstić information content (AvgIpc) is 2.22. The highest BCUT2D eigenvalue weighted by Gasteiger charge is 2.04. The molecule has 1 rings (SSSR count). The van der Waals surface area contributed by atoms with Crippen molar-refractivity contribution in [1.82, 2.24) is 0 Å². The number of hydrogen-bond acceptors (Lipinski definition) is 2. The Balaban J connectivity index is 2.37. The maximum absolute atomic E-state index is 12.8. The Morgan fingerprint density at radius 3 is 2.81 bits per heavy atom. The molecule has 1 aromatic rings. The second-order valence-electron chi connectivity index (χ2n) is 3.83. The minimum atomic E-state index is -0.261. The van der Waals surface area contributed by atoms with Crippen LogP contribution >= 0.6 is 28.6 Å². The summed E-state index contributed by atoms with van der Waals surface area (Å²) in [5.41, 5.74) is 0. The fourth-order valence-electron chi connectivity index (χ4n) is 1.33. The minimum Gasteiger partial charge on any atom is -0.492 e. The molecule has 0 bridgehead atoms. The summed E-state index contributed by atoms with van der Waals surface area (Å²) in [5.74, 6) is 1.94. The third kappa shape index (κ3) is 4.74. The van der Waals surface area contributed by atoms with E-state index >= 15 is 0 Å². The van der Waals surface area contributed by atoms with Crippen molar-refractivity contribution in [3.05, 3.63) is 28.5 Å². The zero-order valence-corrected chi connectivity index (χ0v) is 11.7. The second kappa shape index (κ2) is 7.17. The van der Waals surface area contributed by atoms with Crippen LogP contribution < -0.4 is 4.74 Å². The predicted molar refractivity (Wildman–Crippen MR) is 71.8 cm³/mol. The lowest BCUT2D eigenvalue weighted by Gasteiger charge is -2.12. The van der Waals surface area contributed by atoms with Crippen LogP contribution in [0.4, 0.5) is 4.39 Å². The molecule has 4 heteroatoms. The van der Waals surface area contributed by atoms with Crippen LogP contribution in [0, 0.1) is 11.7 Å². The maximum atomic E-state index is 12.8. The largest absolute Gasteiger partial charge is 0.492 e. The Labute approximate surface area is 110 Å². The molecular formula is C12H16BrFOS. The quantitative estimate of drug-likeness (QED) is 0.770. The van der Waals surface area contributed by atoms with Gasteiger partial charge in [0.2, 0.25) is 0 Å². The fourth-order valence-corrected chi connectivity index (χ4v) is 2.23. The third-order valence-corrected chi connectivity index (χ3v) is 3.26. The van der Waals surface area contributed by atoms with Crippen LogP contribution in [0.1, 0.15) is 19.8 Å². The molecule has 1 atom stereocenters. The number of ether oxygens (including phenoxy) is 1. The van der Waals surface area contributed by atoms with Crippen LogP contribution in [-0.2, 0) is 0 Å². The lowest BCUT2D eigenvalue weighted by atomic mass is 10.1. The molecule has 0 spiro atoms. The van der Waals surface area contributed by atoms with E-state index in [-0.39, 0.29) is 5.82 Å². The molecule has 0 fully saturated rings. The molecule has 1 nitrogen and oxygen atoms in total. The zero-order chi connectivity index (χ0) is 12.0. The molecule has 0 aromatic heterocycles. The summed E-state index contributed by atoms with van der Waals surface area (Å²) in [5, 5.41) is 0. The van der Waals surface area contributed by atoms with Crippen LogP contribution in [-0.4, -0.2) is 12.4 Å². The molecule has 0 radical (unpaired) electrons. The Hall–Kier alpha value is -0.220. The normalized spacial score (nSPS) is 12.5. The van der Waals surface area contributed by atoms with Crippen LogP contribution in [0.2, 0.25) is 0 Å². The van der Waals surface area contributed by atoms with Gasteiger partial charge in [0.25, 0.3) is 0 Å². The number of thiol groups is 1. The summed E-state index contributed by atoms with van der Waals surface area (Å²) in [6, 6.07) is 4.45. The summed E-state index contributed by atoms with van der Waals surface area (Å²) in [6.07, 6.45) is 2.08. The number of benzene rings is 1.